The molecule has 3 nitrogen and oxygen atoms in total. The number of sulfonamides is 1. The Kier molecular flexibility index (Phi) is 4.87. The molecule has 2 aromatic carbocycles. The van der Waals surface area contributed by atoms with E-state index in [9.17, 15) is 8.42 Å². The number of hydrogen-bond acceptors (Lipinski definition) is 3. The number of aryl methyl sites for hydroxylation is 2. The van der Waals surface area contributed by atoms with Gasteiger partial charge in [-0.1, -0.05) is 18.2 Å². The van der Waals surface area contributed by atoms with Crippen LogP contribution in [0.5, 0.6) is 0 Å². The molecule has 118 valence electrons. The first-order valence-electron chi connectivity index (χ1n) is 7.01. The van der Waals surface area contributed by atoms with Crippen molar-refractivity contribution in [2.75, 3.05) is 11.0 Å². The molecular formula is C17H21NO2S2. The summed E-state index contributed by atoms with van der Waals surface area (Å²) in [7, 11) is -3.62. The number of rotatable bonds is 4. The SMILES string of the molecule is CSc1ccccc1NS(=O)(=O)c1c(C)c(C)cc(C)c1C. The summed E-state index contributed by atoms with van der Waals surface area (Å²) < 4.78 is 28.5. The summed E-state index contributed by atoms with van der Waals surface area (Å²) in [5, 5.41) is 0. The van der Waals surface area contributed by atoms with Gasteiger partial charge >= 0.3 is 0 Å². The average Bonchev–Trinajstić information content (AvgIpc) is 2.45. The molecule has 2 aromatic rings. The van der Waals surface area contributed by atoms with Gasteiger partial charge in [-0.25, -0.2) is 8.42 Å². The van der Waals surface area contributed by atoms with Gasteiger partial charge in [0.25, 0.3) is 10.0 Å². The van der Waals surface area contributed by atoms with E-state index in [1.807, 2.05) is 58.2 Å². The fourth-order valence-electron chi connectivity index (χ4n) is 2.51. The smallest absolute Gasteiger partial charge is 0.262 e. The van der Waals surface area contributed by atoms with Gasteiger partial charge in [-0.2, -0.15) is 0 Å². The van der Waals surface area contributed by atoms with Crippen molar-refractivity contribution in [3.05, 3.63) is 52.6 Å². The third-order valence-electron chi connectivity index (χ3n) is 3.92. The van der Waals surface area contributed by atoms with Crippen LogP contribution in [-0.2, 0) is 10.0 Å². The van der Waals surface area contributed by atoms with Gasteiger partial charge in [-0.3, -0.25) is 4.72 Å². The zero-order valence-electron chi connectivity index (χ0n) is 13.5. The molecule has 0 aliphatic rings. The fourth-order valence-corrected chi connectivity index (χ4v) is 4.82. The average molecular weight is 335 g/mol. The van der Waals surface area contributed by atoms with Gasteiger partial charge in [-0.05, 0) is 68.3 Å². The lowest BCUT2D eigenvalue weighted by atomic mass is 10.0. The number of hydrogen-bond donors (Lipinski definition) is 1. The Hall–Kier alpha value is -1.46. The molecule has 0 saturated carbocycles. The van der Waals surface area contributed by atoms with Crippen LogP contribution < -0.4 is 4.72 Å². The third-order valence-corrected chi connectivity index (χ3v) is 6.35. The highest BCUT2D eigenvalue weighted by Gasteiger charge is 2.22. The molecule has 22 heavy (non-hydrogen) atoms. The maximum absolute atomic E-state index is 12.9. The van der Waals surface area contributed by atoms with Crippen molar-refractivity contribution in [2.45, 2.75) is 37.5 Å². The Morgan fingerprint density at radius 2 is 1.50 bits per heavy atom. The predicted molar refractivity (Wildman–Crippen MR) is 94.4 cm³/mol. The van der Waals surface area contributed by atoms with Crippen molar-refractivity contribution in [1.29, 1.82) is 0 Å². The molecule has 0 bridgehead atoms. The first-order chi connectivity index (χ1) is 10.3. The number of nitrogens with one attached hydrogen (secondary N) is 1. The molecule has 5 heteroatoms. The number of anilines is 1. The van der Waals surface area contributed by atoms with E-state index in [0.29, 0.717) is 10.6 Å². The second-order valence-electron chi connectivity index (χ2n) is 5.40. The van der Waals surface area contributed by atoms with Crippen LogP contribution in [-0.4, -0.2) is 14.7 Å². The van der Waals surface area contributed by atoms with E-state index in [2.05, 4.69) is 4.72 Å². The van der Waals surface area contributed by atoms with Crippen LogP contribution in [0.1, 0.15) is 22.3 Å². The van der Waals surface area contributed by atoms with E-state index in [-0.39, 0.29) is 0 Å². The van der Waals surface area contributed by atoms with E-state index in [4.69, 9.17) is 0 Å². The summed E-state index contributed by atoms with van der Waals surface area (Å²) in [5.41, 5.74) is 4.20. The van der Waals surface area contributed by atoms with Gasteiger partial charge in [0, 0.05) is 4.90 Å². The van der Waals surface area contributed by atoms with Gasteiger partial charge in [0.15, 0.2) is 0 Å². The van der Waals surface area contributed by atoms with Crippen LogP contribution in [0.15, 0.2) is 40.1 Å². The van der Waals surface area contributed by atoms with Crippen molar-refractivity contribution < 1.29 is 8.42 Å². The van der Waals surface area contributed by atoms with Crippen LogP contribution in [0.25, 0.3) is 0 Å². The van der Waals surface area contributed by atoms with Crippen molar-refractivity contribution in [1.82, 2.24) is 0 Å². The highest BCUT2D eigenvalue weighted by atomic mass is 32.2. The second-order valence-corrected chi connectivity index (χ2v) is 7.86. The Bertz CT molecular complexity index is 785. The quantitative estimate of drug-likeness (QED) is 0.840. The molecular weight excluding hydrogens is 314 g/mol. The van der Waals surface area contributed by atoms with E-state index in [1.165, 1.54) is 11.8 Å². The van der Waals surface area contributed by atoms with Gasteiger partial charge in [0.2, 0.25) is 0 Å². The van der Waals surface area contributed by atoms with Crippen LogP contribution >= 0.6 is 11.8 Å². The van der Waals surface area contributed by atoms with Gasteiger partial charge < -0.3 is 0 Å². The molecule has 0 radical (unpaired) electrons. The summed E-state index contributed by atoms with van der Waals surface area (Å²) in [6.45, 7) is 7.60. The van der Waals surface area contributed by atoms with E-state index in [0.717, 1.165) is 27.1 Å². The molecule has 2 rings (SSSR count). The van der Waals surface area contributed by atoms with Crippen LogP contribution in [0.4, 0.5) is 5.69 Å². The Labute approximate surface area is 137 Å². The van der Waals surface area contributed by atoms with Gasteiger partial charge in [-0.15, -0.1) is 11.8 Å². The predicted octanol–water partition coefficient (Wildman–Crippen LogP) is 4.44. The minimum Gasteiger partial charge on any atom is -0.278 e. The molecule has 0 heterocycles. The summed E-state index contributed by atoms with van der Waals surface area (Å²) in [6, 6.07) is 9.45. The zero-order valence-corrected chi connectivity index (χ0v) is 15.2. The van der Waals surface area contributed by atoms with E-state index >= 15 is 0 Å². The van der Waals surface area contributed by atoms with Gasteiger partial charge in [0.05, 0.1) is 10.6 Å². The largest absolute Gasteiger partial charge is 0.278 e. The zero-order chi connectivity index (χ0) is 16.5. The summed E-state index contributed by atoms with van der Waals surface area (Å²) in [4.78, 5) is 1.30. The molecule has 0 aliphatic carbocycles. The van der Waals surface area contributed by atoms with Crippen molar-refractivity contribution in [2.24, 2.45) is 0 Å². The monoisotopic (exact) mass is 335 g/mol. The number of thioether (sulfide) groups is 1. The summed E-state index contributed by atoms with van der Waals surface area (Å²) in [5.74, 6) is 0. The van der Waals surface area contributed by atoms with Crippen LogP contribution in [0.3, 0.4) is 0 Å². The minimum absolute atomic E-state index is 0.390. The maximum atomic E-state index is 12.9. The van der Waals surface area contributed by atoms with Crippen molar-refractivity contribution in [3.8, 4) is 0 Å². The molecule has 0 amide bonds. The lowest BCUT2D eigenvalue weighted by molar-refractivity contribution is 0.599. The molecule has 0 aliphatic heterocycles. The number of para-hydroxylation sites is 1. The Morgan fingerprint density at radius 1 is 0.955 bits per heavy atom. The molecule has 0 unspecified atom stereocenters. The standard InChI is InChI=1S/C17H21NO2S2/c1-11-10-12(2)14(4)17(13(11)3)22(19,20)18-15-8-6-7-9-16(15)21-5/h6-10,18H,1-5H3. The Morgan fingerprint density at radius 3 is 2.05 bits per heavy atom. The van der Waals surface area contributed by atoms with Crippen LogP contribution in [0, 0.1) is 27.7 Å². The molecule has 0 aromatic heterocycles. The Balaban J connectivity index is 2.57. The maximum Gasteiger partial charge on any atom is 0.262 e. The molecule has 0 fully saturated rings. The molecule has 0 spiro atoms. The highest BCUT2D eigenvalue weighted by molar-refractivity contribution is 7.99. The van der Waals surface area contributed by atoms with E-state index < -0.39 is 10.0 Å². The topological polar surface area (TPSA) is 46.2 Å². The summed E-state index contributed by atoms with van der Waals surface area (Å²) in [6.07, 6.45) is 1.93. The highest BCUT2D eigenvalue weighted by Crippen LogP contribution is 2.31. The normalized spacial score (nSPS) is 11.5. The fraction of sp³-hybridized carbons (Fsp3) is 0.294. The van der Waals surface area contributed by atoms with E-state index in [1.54, 1.807) is 6.07 Å². The lowest BCUT2D eigenvalue weighted by Crippen LogP contribution is -2.17. The third kappa shape index (κ3) is 3.15. The first kappa shape index (κ1) is 16.9. The summed E-state index contributed by atoms with van der Waals surface area (Å²) >= 11 is 1.52. The molecule has 0 saturated heterocycles. The van der Waals surface area contributed by atoms with Gasteiger partial charge in [0.1, 0.15) is 0 Å². The van der Waals surface area contributed by atoms with Crippen molar-refractivity contribution >= 4 is 27.5 Å². The lowest BCUT2D eigenvalue weighted by Gasteiger charge is -2.17. The van der Waals surface area contributed by atoms with Crippen LogP contribution in [0.2, 0.25) is 0 Å². The van der Waals surface area contributed by atoms with Crippen molar-refractivity contribution in [3.63, 3.8) is 0 Å². The minimum atomic E-state index is -3.62. The molecule has 0 atom stereocenters. The second kappa shape index (κ2) is 6.34. The molecule has 1 N–H and O–H groups in total. The first-order valence-corrected chi connectivity index (χ1v) is 9.72. The number of benzene rings is 2.